The van der Waals surface area contributed by atoms with E-state index in [1.807, 2.05) is 0 Å². The Morgan fingerprint density at radius 1 is 1.55 bits per heavy atom. The number of nitrogens with zero attached hydrogens (tertiary/aromatic N) is 1. The van der Waals surface area contributed by atoms with E-state index < -0.39 is 11.9 Å². The van der Waals surface area contributed by atoms with Gasteiger partial charge in [0.2, 0.25) is 5.91 Å². The zero-order chi connectivity index (χ0) is 14.9. The van der Waals surface area contributed by atoms with Gasteiger partial charge in [0.15, 0.2) is 0 Å². The van der Waals surface area contributed by atoms with E-state index in [0.29, 0.717) is 0 Å². The molecule has 0 saturated carbocycles. The van der Waals surface area contributed by atoms with Gasteiger partial charge in [0, 0.05) is 35.7 Å². The number of likely N-dealkylation sites (N-methyl/N-ethyl adjacent to an activating group) is 1. The summed E-state index contributed by atoms with van der Waals surface area (Å²) in [6.07, 6.45) is 0. The van der Waals surface area contributed by atoms with E-state index >= 15 is 0 Å². The minimum absolute atomic E-state index is 0.0702. The van der Waals surface area contributed by atoms with Gasteiger partial charge in [-0.1, -0.05) is 23.2 Å². The molecule has 1 aromatic rings. The first-order chi connectivity index (χ1) is 9.40. The number of hydrogen-bond donors (Lipinski definition) is 2. The fourth-order valence-electron chi connectivity index (χ4n) is 1.89. The molecule has 1 aliphatic rings. The summed E-state index contributed by atoms with van der Waals surface area (Å²) in [4.78, 5) is 24.5. The van der Waals surface area contributed by atoms with Crippen LogP contribution in [0.4, 0.5) is 9.18 Å². The predicted molar refractivity (Wildman–Crippen MR) is 73.2 cm³/mol. The average molecular weight is 320 g/mol. The Balaban J connectivity index is 2.03. The summed E-state index contributed by atoms with van der Waals surface area (Å²) in [6.45, 7) is 0.150. The van der Waals surface area contributed by atoms with Gasteiger partial charge in [0.25, 0.3) is 0 Å². The van der Waals surface area contributed by atoms with Crippen LogP contribution in [0, 0.1) is 5.82 Å². The molecule has 8 heteroatoms. The molecule has 108 valence electrons. The molecule has 1 atom stereocenters. The summed E-state index contributed by atoms with van der Waals surface area (Å²) in [5.74, 6) is -0.965. The molecule has 0 bridgehead atoms. The third kappa shape index (κ3) is 2.96. The molecule has 0 unspecified atom stereocenters. The first-order valence-corrected chi connectivity index (χ1v) is 6.57. The number of rotatable bonds is 3. The van der Waals surface area contributed by atoms with Gasteiger partial charge in [-0.3, -0.25) is 4.79 Å². The summed E-state index contributed by atoms with van der Waals surface area (Å²) in [5, 5.41) is 5.42. The van der Waals surface area contributed by atoms with Crippen LogP contribution >= 0.6 is 23.2 Å². The molecule has 0 aromatic heterocycles. The lowest BCUT2D eigenvalue weighted by Crippen LogP contribution is -2.43. The minimum Gasteiger partial charge on any atom is -0.350 e. The lowest BCUT2D eigenvalue weighted by Gasteiger charge is -2.17. The van der Waals surface area contributed by atoms with E-state index in [9.17, 15) is 14.0 Å². The first kappa shape index (κ1) is 14.9. The van der Waals surface area contributed by atoms with Gasteiger partial charge in [-0.2, -0.15) is 0 Å². The molecule has 20 heavy (non-hydrogen) atoms. The van der Waals surface area contributed by atoms with E-state index in [-0.39, 0.29) is 40.6 Å². The van der Waals surface area contributed by atoms with Crippen LogP contribution in [0.1, 0.15) is 5.56 Å². The van der Waals surface area contributed by atoms with Crippen LogP contribution in [0.3, 0.4) is 0 Å². The molecule has 3 amide bonds. The summed E-state index contributed by atoms with van der Waals surface area (Å²) in [5.41, 5.74) is 0.157. The number of benzene rings is 1. The largest absolute Gasteiger partial charge is 0.350 e. The number of amides is 3. The van der Waals surface area contributed by atoms with Crippen molar-refractivity contribution in [2.75, 3.05) is 13.6 Å². The van der Waals surface area contributed by atoms with Gasteiger partial charge in [0.05, 0.1) is 0 Å². The summed E-state index contributed by atoms with van der Waals surface area (Å²) in [6, 6.07) is 1.60. The summed E-state index contributed by atoms with van der Waals surface area (Å²) < 4.78 is 13.7. The number of hydrogen-bond acceptors (Lipinski definition) is 2. The second kappa shape index (κ2) is 5.85. The maximum Gasteiger partial charge on any atom is 0.317 e. The Hall–Kier alpha value is -1.53. The van der Waals surface area contributed by atoms with Crippen LogP contribution < -0.4 is 10.6 Å². The molecule has 1 saturated heterocycles. The van der Waals surface area contributed by atoms with Crippen molar-refractivity contribution in [1.82, 2.24) is 15.5 Å². The van der Waals surface area contributed by atoms with Crippen LogP contribution in [0.15, 0.2) is 12.1 Å². The molecule has 5 nitrogen and oxygen atoms in total. The van der Waals surface area contributed by atoms with Gasteiger partial charge in [-0.15, -0.1) is 0 Å². The van der Waals surface area contributed by atoms with Gasteiger partial charge in [0.1, 0.15) is 11.9 Å². The fraction of sp³-hybridized carbons (Fsp3) is 0.333. The Labute approximate surface area is 125 Å². The van der Waals surface area contributed by atoms with Crippen molar-refractivity contribution in [1.29, 1.82) is 0 Å². The predicted octanol–water partition coefficient (Wildman–Crippen LogP) is 1.77. The first-order valence-electron chi connectivity index (χ1n) is 5.82. The summed E-state index contributed by atoms with van der Waals surface area (Å²) in [7, 11) is 1.52. The molecule has 1 fully saturated rings. The molecule has 1 heterocycles. The molecule has 2 N–H and O–H groups in total. The highest BCUT2D eigenvalue weighted by Crippen LogP contribution is 2.24. The fourth-order valence-corrected chi connectivity index (χ4v) is 2.43. The Morgan fingerprint density at radius 3 is 2.80 bits per heavy atom. The number of carbonyl (C=O) groups excluding carboxylic acids is 2. The molecule has 0 aliphatic carbocycles. The highest BCUT2D eigenvalue weighted by Gasteiger charge is 2.32. The second-order valence-corrected chi connectivity index (χ2v) is 5.22. The smallest absolute Gasteiger partial charge is 0.317 e. The second-order valence-electron chi connectivity index (χ2n) is 4.38. The quantitative estimate of drug-likeness (QED) is 0.892. The van der Waals surface area contributed by atoms with Crippen molar-refractivity contribution < 1.29 is 14.0 Å². The van der Waals surface area contributed by atoms with Crippen LogP contribution in [-0.2, 0) is 11.3 Å². The van der Waals surface area contributed by atoms with E-state index in [2.05, 4.69) is 10.6 Å². The zero-order valence-electron chi connectivity index (χ0n) is 10.5. The zero-order valence-corrected chi connectivity index (χ0v) is 12.1. The molecule has 0 spiro atoms. The highest BCUT2D eigenvalue weighted by atomic mass is 35.5. The van der Waals surface area contributed by atoms with Gasteiger partial charge >= 0.3 is 6.03 Å². The normalized spacial score (nSPS) is 18.1. The van der Waals surface area contributed by atoms with Crippen molar-refractivity contribution in [3.05, 3.63) is 33.6 Å². The Kier molecular flexibility index (Phi) is 4.35. The summed E-state index contributed by atoms with van der Waals surface area (Å²) >= 11 is 11.5. The maximum atomic E-state index is 13.7. The van der Waals surface area contributed by atoms with E-state index in [1.165, 1.54) is 18.0 Å². The average Bonchev–Trinajstić information content (AvgIpc) is 2.68. The number of nitrogens with one attached hydrogen (secondary N) is 2. The van der Waals surface area contributed by atoms with Crippen LogP contribution in [0.25, 0.3) is 0 Å². The van der Waals surface area contributed by atoms with E-state index in [1.54, 1.807) is 0 Å². The number of urea groups is 1. The SMILES string of the molecule is CN1C(=O)NC[C@H]1C(=O)NCc1c(F)cc(Cl)cc1Cl. The Bertz CT molecular complexity index is 545. The molecule has 1 aliphatic heterocycles. The highest BCUT2D eigenvalue weighted by molar-refractivity contribution is 6.35. The van der Waals surface area contributed by atoms with Crippen LogP contribution in [-0.4, -0.2) is 36.5 Å². The lowest BCUT2D eigenvalue weighted by atomic mass is 10.2. The van der Waals surface area contributed by atoms with Gasteiger partial charge in [-0.05, 0) is 12.1 Å². The van der Waals surface area contributed by atoms with Crippen molar-refractivity contribution in [2.45, 2.75) is 12.6 Å². The monoisotopic (exact) mass is 319 g/mol. The lowest BCUT2D eigenvalue weighted by molar-refractivity contribution is -0.124. The maximum absolute atomic E-state index is 13.7. The van der Waals surface area contributed by atoms with Crippen molar-refractivity contribution in [2.24, 2.45) is 0 Å². The standard InChI is InChI=1S/C12H12Cl2FN3O2/c1-18-10(5-17-12(18)20)11(19)16-4-7-8(14)2-6(13)3-9(7)15/h2-3,10H,4-5H2,1H3,(H,16,19)(H,17,20)/t10-/m0/s1. The molecule has 1 aromatic carbocycles. The van der Waals surface area contributed by atoms with Crippen molar-refractivity contribution >= 4 is 35.1 Å². The molecule has 0 radical (unpaired) electrons. The van der Waals surface area contributed by atoms with Crippen molar-refractivity contribution in [3.63, 3.8) is 0 Å². The molecular weight excluding hydrogens is 308 g/mol. The van der Waals surface area contributed by atoms with Crippen LogP contribution in [0.2, 0.25) is 10.0 Å². The minimum atomic E-state index is -0.614. The molecule has 2 rings (SSSR count). The van der Waals surface area contributed by atoms with Gasteiger partial charge in [-0.25, -0.2) is 9.18 Å². The number of carbonyl (C=O) groups is 2. The van der Waals surface area contributed by atoms with E-state index in [4.69, 9.17) is 23.2 Å². The topological polar surface area (TPSA) is 61.4 Å². The van der Waals surface area contributed by atoms with Crippen molar-refractivity contribution in [3.8, 4) is 0 Å². The van der Waals surface area contributed by atoms with Crippen LogP contribution in [0.5, 0.6) is 0 Å². The van der Waals surface area contributed by atoms with E-state index in [0.717, 1.165) is 6.07 Å². The Morgan fingerprint density at radius 2 is 2.25 bits per heavy atom. The van der Waals surface area contributed by atoms with Gasteiger partial charge < -0.3 is 15.5 Å². The third-order valence-corrected chi connectivity index (χ3v) is 3.64. The third-order valence-electron chi connectivity index (χ3n) is 3.08. The molecular formula is C12H12Cl2FN3O2. The number of halogens is 3.